The maximum atomic E-state index is 12.7. The van der Waals surface area contributed by atoms with Gasteiger partial charge in [0.25, 0.3) is 0 Å². The van der Waals surface area contributed by atoms with Crippen LogP contribution in [0.25, 0.3) is 0 Å². The van der Waals surface area contributed by atoms with Crippen molar-refractivity contribution in [2.45, 2.75) is 38.2 Å². The van der Waals surface area contributed by atoms with E-state index in [9.17, 15) is 9.90 Å². The van der Waals surface area contributed by atoms with Crippen molar-refractivity contribution in [3.05, 3.63) is 65.7 Å². The van der Waals surface area contributed by atoms with E-state index in [0.717, 1.165) is 23.1 Å². The minimum absolute atomic E-state index is 0.0731. The highest BCUT2D eigenvalue weighted by molar-refractivity contribution is 5.98. The number of carbonyl (C=O) groups is 1. The number of hydrogen-bond acceptors (Lipinski definition) is 3. The Bertz CT molecular complexity index is 753. The van der Waals surface area contributed by atoms with Gasteiger partial charge in [0.1, 0.15) is 25.0 Å². The molecule has 1 heterocycles. The number of Topliss-reactive ketones (excluding diaryl/α,β-unsaturated/α-hetero) is 1. The van der Waals surface area contributed by atoms with Crippen LogP contribution in [0.15, 0.2) is 54.6 Å². The zero-order chi connectivity index (χ0) is 19.8. The Morgan fingerprint density at radius 2 is 1.71 bits per heavy atom. The van der Waals surface area contributed by atoms with Crippen LogP contribution in [0.4, 0.5) is 0 Å². The second-order valence-electron chi connectivity index (χ2n) is 8.18. The van der Waals surface area contributed by atoms with Gasteiger partial charge < -0.3 is 14.3 Å². The molecule has 3 rings (SSSR count). The number of nitrogens with zero attached hydrogens (tertiary/aromatic N) is 1. The number of likely N-dealkylation sites (tertiary alicyclic amines) is 1. The predicted octanol–water partition coefficient (Wildman–Crippen LogP) is 3.87. The Labute approximate surface area is 168 Å². The van der Waals surface area contributed by atoms with E-state index in [0.29, 0.717) is 30.7 Å². The minimum Gasteiger partial charge on any atom is -0.490 e. The Morgan fingerprint density at radius 3 is 2.46 bits per heavy atom. The molecule has 2 aromatic carbocycles. The van der Waals surface area contributed by atoms with Crippen LogP contribution in [-0.4, -0.2) is 54.8 Å². The monoisotopic (exact) mass is 382 g/mol. The number of benzene rings is 2. The van der Waals surface area contributed by atoms with Crippen molar-refractivity contribution >= 4 is 5.78 Å². The molecule has 0 saturated carbocycles. The third-order valence-electron chi connectivity index (χ3n) is 5.65. The summed E-state index contributed by atoms with van der Waals surface area (Å²) in [7, 11) is 2.21. The fourth-order valence-electron chi connectivity index (χ4n) is 4.07. The normalized spacial score (nSPS) is 17.1. The lowest BCUT2D eigenvalue weighted by Crippen LogP contribution is -2.52. The summed E-state index contributed by atoms with van der Waals surface area (Å²) in [6, 6.07) is 17.4. The van der Waals surface area contributed by atoms with E-state index in [4.69, 9.17) is 4.74 Å². The largest absolute Gasteiger partial charge is 0.490 e. The van der Waals surface area contributed by atoms with E-state index in [-0.39, 0.29) is 12.4 Å². The lowest BCUT2D eigenvalue weighted by molar-refractivity contribution is -0.916. The molecule has 4 heteroatoms. The number of quaternary nitrogens is 1. The molecule has 28 heavy (non-hydrogen) atoms. The van der Waals surface area contributed by atoms with Crippen molar-refractivity contribution in [1.29, 1.82) is 0 Å². The van der Waals surface area contributed by atoms with Crippen LogP contribution in [0.2, 0.25) is 0 Å². The summed E-state index contributed by atoms with van der Waals surface area (Å²) in [6.45, 7) is 3.15. The lowest BCUT2D eigenvalue weighted by atomic mass is 10.0. The second kappa shape index (κ2) is 9.85. The van der Waals surface area contributed by atoms with Crippen LogP contribution < -0.4 is 4.74 Å². The van der Waals surface area contributed by atoms with Gasteiger partial charge in [-0.3, -0.25) is 4.79 Å². The summed E-state index contributed by atoms with van der Waals surface area (Å²) >= 11 is 0. The zero-order valence-electron chi connectivity index (χ0n) is 16.8. The molecule has 1 fully saturated rings. The molecule has 0 amide bonds. The van der Waals surface area contributed by atoms with Gasteiger partial charge in [-0.05, 0) is 43.4 Å². The van der Waals surface area contributed by atoms with Gasteiger partial charge in [-0.1, -0.05) is 42.5 Å². The van der Waals surface area contributed by atoms with E-state index in [1.807, 2.05) is 54.6 Å². The van der Waals surface area contributed by atoms with Crippen molar-refractivity contribution in [1.82, 2.24) is 0 Å². The summed E-state index contributed by atoms with van der Waals surface area (Å²) in [5.41, 5.74) is 1.76. The van der Waals surface area contributed by atoms with Crippen molar-refractivity contribution in [3.63, 3.8) is 0 Å². The van der Waals surface area contributed by atoms with E-state index < -0.39 is 6.10 Å². The molecule has 4 nitrogen and oxygen atoms in total. The number of aliphatic hydroxyl groups excluding tert-OH is 1. The summed E-state index contributed by atoms with van der Waals surface area (Å²) in [5, 5.41) is 10.5. The highest BCUT2D eigenvalue weighted by Crippen LogP contribution is 2.22. The molecule has 1 saturated heterocycles. The molecular weight excluding hydrogens is 350 g/mol. The first kappa shape index (κ1) is 20.6. The van der Waals surface area contributed by atoms with E-state index in [1.165, 1.54) is 19.3 Å². The zero-order valence-corrected chi connectivity index (χ0v) is 16.8. The summed E-state index contributed by atoms with van der Waals surface area (Å²) in [5.74, 6) is 0.643. The van der Waals surface area contributed by atoms with Gasteiger partial charge in [0.15, 0.2) is 5.78 Å². The first-order chi connectivity index (χ1) is 13.6. The van der Waals surface area contributed by atoms with Gasteiger partial charge in [0, 0.05) is 6.42 Å². The number of ketones is 1. The second-order valence-corrected chi connectivity index (χ2v) is 8.18. The van der Waals surface area contributed by atoms with Gasteiger partial charge in [-0.15, -0.1) is 0 Å². The molecule has 0 bridgehead atoms. The van der Waals surface area contributed by atoms with E-state index in [2.05, 4.69) is 7.05 Å². The number of rotatable bonds is 9. The number of para-hydroxylation sites is 1. The van der Waals surface area contributed by atoms with Gasteiger partial charge in [0.05, 0.1) is 25.7 Å². The predicted molar refractivity (Wildman–Crippen MR) is 112 cm³/mol. The third kappa shape index (κ3) is 5.91. The third-order valence-corrected chi connectivity index (χ3v) is 5.65. The number of aliphatic hydroxyl groups is 1. The molecule has 1 unspecified atom stereocenters. The molecule has 1 N–H and O–H groups in total. The minimum atomic E-state index is -0.532. The highest BCUT2D eigenvalue weighted by Gasteiger charge is 2.28. The number of hydrogen-bond donors (Lipinski definition) is 1. The maximum Gasteiger partial charge on any atom is 0.166 e. The maximum absolute atomic E-state index is 12.7. The number of aryl methyl sites for hydroxylation is 1. The molecule has 1 aliphatic heterocycles. The van der Waals surface area contributed by atoms with Crippen LogP contribution in [0.3, 0.4) is 0 Å². The Kier molecular flexibility index (Phi) is 7.24. The summed E-state index contributed by atoms with van der Waals surface area (Å²) < 4.78 is 6.78. The molecule has 0 spiro atoms. The van der Waals surface area contributed by atoms with Crippen molar-refractivity contribution in [3.8, 4) is 5.75 Å². The van der Waals surface area contributed by atoms with Gasteiger partial charge >= 0.3 is 0 Å². The molecule has 0 aromatic heterocycles. The molecule has 0 radical (unpaired) electrons. The smallest absolute Gasteiger partial charge is 0.166 e. The fraction of sp³-hybridized carbons (Fsp3) is 0.458. The van der Waals surface area contributed by atoms with Crippen molar-refractivity contribution in [2.75, 3.05) is 33.3 Å². The van der Waals surface area contributed by atoms with Gasteiger partial charge in [0.2, 0.25) is 0 Å². The van der Waals surface area contributed by atoms with Crippen molar-refractivity contribution < 1.29 is 19.1 Å². The Balaban J connectivity index is 1.55. The van der Waals surface area contributed by atoms with Crippen LogP contribution in [0.1, 0.15) is 41.6 Å². The topological polar surface area (TPSA) is 46.5 Å². The molecule has 0 aliphatic carbocycles. The molecule has 150 valence electrons. The Morgan fingerprint density at radius 1 is 1.04 bits per heavy atom. The highest BCUT2D eigenvalue weighted by atomic mass is 16.5. The fourth-order valence-corrected chi connectivity index (χ4v) is 4.07. The van der Waals surface area contributed by atoms with Crippen LogP contribution >= 0.6 is 0 Å². The van der Waals surface area contributed by atoms with Crippen LogP contribution in [0.5, 0.6) is 5.75 Å². The summed E-state index contributed by atoms with van der Waals surface area (Å²) in [4.78, 5) is 12.7. The average Bonchev–Trinajstić information content (AvgIpc) is 2.71. The lowest BCUT2D eigenvalue weighted by Gasteiger charge is -2.39. The van der Waals surface area contributed by atoms with Gasteiger partial charge in [-0.25, -0.2) is 0 Å². The van der Waals surface area contributed by atoms with E-state index >= 15 is 0 Å². The van der Waals surface area contributed by atoms with Crippen molar-refractivity contribution in [2.24, 2.45) is 0 Å². The summed E-state index contributed by atoms with van der Waals surface area (Å²) in [6.07, 6.45) is 4.37. The molecule has 1 aliphatic rings. The number of piperidine rings is 1. The molecular formula is C24H32NO3+. The average molecular weight is 383 g/mol. The first-order valence-electron chi connectivity index (χ1n) is 10.4. The molecule has 2 aromatic rings. The van der Waals surface area contributed by atoms with E-state index in [1.54, 1.807) is 0 Å². The van der Waals surface area contributed by atoms with Gasteiger partial charge in [-0.2, -0.15) is 0 Å². The first-order valence-corrected chi connectivity index (χ1v) is 10.4. The number of carbonyl (C=O) groups excluding carboxylic acids is 1. The Hall–Kier alpha value is -2.17. The SMILES string of the molecule is C[N+]1(CC(O)COc2ccccc2C(=O)CCc2ccccc2)CCCCC1. The molecule has 1 atom stereocenters. The van der Waals surface area contributed by atoms with Crippen LogP contribution in [0, 0.1) is 0 Å². The quantitative estimate of drug-likeness (QED) is 0.529. The number of likely N-dealkylation sites (N-methyl/N-ethyl adjacent to an activating group) is 1. The van der Waals surface area contributed by atoms with Crippen LogP contribution in [-0.2, 0) is 6.42 Å². The standard InChI is InChI=1S/C24H32NO3/c1-25(16-8-3-9-17-25)18-21(26)19-28-24-13-7-6-12-22(24)23(27)15-14-20-10-4-2-5-11-20/h2,4-7,10-13,21,26H,3,8-9,14-19H2,1H3/q+1. The number of ether oxygens (including phenoxy) is 1.